The standard InChI is InChI=1S/C19H29N3O2/c1-15-8-9-17(18(23)20(15)2)19(24)22-13-4-3-7-16(22)10-14-21-11-5-6-12-21/h8-9,16H,3-7,10-14H2,1-2H3/t16-/m1/s1. The highest BCUT2D eigenvalue weighted by atomic mass is 16.2. The van der Waals surface area contributed by atoms with E-state index in [-0.39, 0.29) is 17.5 Å². The van der Waals surface area contributed by atoms with Gasteiger partial charge in [-0.2, -0.15) is 0 Å². The maximum atomic E-state index is 13.0. The van der Waals surface area contributed by atoms with Gasteiger partial charge in [0.15, 0.2) is 0 Å². The van der Waals surface area contributed by atoms with Crippen LogP contribution in [-0.2, 0) is 7.05 Å². The molecular formula is C19H29N3O2. The molecule has 0 aliphatic carbocycles. The third-order valence-corrected chi connectivity index (χ3v) is 5.65. The number of aryl methyl sites for hydroxylation is 1. The summed E-state index contributed by atoms with van der Waals surface area (Å²) in [5, 5.41) is 0. The maximum Gasteiger partial charge on any atom is 0.263 e. The van der Waals surface area contributed by atoms with Crippen LogP contribution in [0.3, 0.4) is 0 Å². The molecular weight excluding hydrogens is 302 g/mol. The van der Waals surface area contributed by atoms with Crippen molar-refractivity contribution in [2.45, 2.75) is 51.5 Å². The third kappa shape index (κ3) is 3.56. The Morgan fingerprint density at radius 2 is 1.83 bits per heavy atom. The largest absolute Gasteiger partial charge is 0.335 e. The maximum absolute atomic E-state index is 13.0. The monoisotopic (exact) mass is 331 g/mol. The average molecular weight is 331 g/mol. The Kier molecular flexibility index (Phi) is 5.39. The van der Waals surface area contributed by atoms with Crippen LogP contribution >= 0.6 is 0 Å². The zero-order chi connectivity index (χ0) is 17.1. The van der Waals surface area contributed by atoms with E-state index in [1.54, 1.807) is 17.7 Å². The molecule has 1 amide bonds. The number of hydrogen-bond donors (Lipinski definition) is 0. The zero-order valence-corrected chi connectivity index (χ0v) is 15.0. The third-order valence-electron chi connectivity index (χ3n) is 5.65. The predicted molar refractivity (Wildman–Crippen MR) is 95.4 cm³/mol. The second-order valence-electron chi connectivity index (χ2n) is 7.24. The first kappa shape index (κ1) is 17.2. The van der Waals surface area contributed by atoms with E-state index in [1.807, 2.05) is 17.9 Å². The van der Waals surface area contributed by atoms with Crippen molar-refractivity contribution in [1.82, 2.24) is 14.4 Å². The summed E-state index contributed by atoms with van der Waals surface area (Å²) in [6.07, 6.45) is 6.90. The van der Waals surface area contributed by atoms with Crippen LogP contribution in [0.15, 0.2) is 16.9 Å². The van der Waals surface area contributed by atoms with E-state index >= 15 is 0 Å². The van der Waals surface area contributed by atoms with Gasteiger partial charge in [-0.3, -0.25) is 9.59 Å². The van der Waals surface area contributed by atoms with Crippen molar-refractivity contribution in [3.63, 3.8) is 0 Å². The zero-order valence-electron chi connectivity index (χ0n) is 15.0. The van der Waals surface area contributed by atoms with Crippen molar-refractivity contribution in [3.05, 3.63) is 33.7 Å². The van der Waals surface area contributed by atoms with Gasteiger partial charge in [0.2, 0.25) is 0 Å². The van der Waals surface area contributed by atoms with Crippen LogP contribution in [0.2, 0.25) is 0 Å². The normalized spacial score (nSPS) is 22.1. The highest BCUT2D eigenvalue weighted by Gasteiger charge is 2.29. The summed E-state index contributed by atoms with van der Waals surface area (Å²) in [5.41, 5.74) is 1.01. The van der Waals surface area contributed by atoms with E-state index in [9.17, 15) is 9.59 Å². The van der Waals surface area contributed by atoms with Crippen LogP contribution in [0.5, 0.6) is 0 Å². The lowest BCUT2D eigenvalue weighted by atomic mass is 9.98. The molecule has 5 heteroatoms. The SMILES string of the molecule is Cc1ccc(C(=O)N2CCCC[C@@H]2CCN2CCCC2)c(=O)n1C. The van der Waals surface area contributed by atoms with Gasteiger partial charge in [0.05, 0.1) is 0 Å². The van der Waals surface area contributed by atoms with Crippen LogP contribution < -0.4 is 5.56 Å². The summed E-state index contributed by atoms with van der Waals surface area (Å²) < 4.78 is 1.57. The fraction of sp³-hybridized carbons (Fsp3) is 0.684. The quantitative estimate of drug-likeness (QED) is 0.849. The minimum absolute atomic E-state index is 0.0817. The highest BCUT2D eigenvalue weighted by Crippen LogP contribution is 2.22. The Hall–Kier alpha value is -1.62. The molecule has 0 spiro atoms. The molecule has 132 valence electrons. The Morgan fingerprint density at radius 3 is 2.58 bits per heavy atom. The minimum atomic E-state index is -0.177. The Bertz CT molecular complexity index is 647. The lowest BCUT2D eigenvalue weighted by Gasteiger charge is -2.36. The molecule has 0 aromatic carbocycles. The van der Waals surface area contributed by atoms with Gasteiger partial charge in [0.1, 0.15) is 5.56 Å². The highest BCUT2D eigenvalue weighted by molar-refractivity contribution is 5.94. The molecule has 2 aliphatic heterocycles. The van der Waals surface area contributed by atoms with Crippen LogP contribution in [0.25, 0.3) is 0 Å². The van der Waals surface area contributed by atoms with E-state index in [0.29, 0.717) is 5.56 Å². The molecule has 1 aromatic heterocycles. The van der Waals surface area contributed by atoms with E-state index in [0.717, 1.165) is 38.0 Å². The molecule has 1 atom stereocenters. The molecule has 2 fully saturated rings. The van der Waals surface area contributed by atoms with E-state index < -0.39 is 0 Å². The Balaban J connectivity index is 1.73. The fourth-order valence-electron chi connectivity index (χ4n) is 3.95. The number of piperidine rings is 1. The second kappa shape index (κ2) is 7.51. The first-order chi connectivity index (χ1) is 11.6. The average Bonchev–Trinajstić information content (AvgIpc) is 3.11. The van der Waals surface area contributed by atoms with Crippen molar-refractivity contribution >= 4 is 5.91 Å². The first-order valence-corrected chi connectivity index (χ1v) is 9.28. The topological polar surface area (TPSA) is 45.6 Å². The molecule has 5 nitrogen and oxygen atoms in total. The number of nitrogens with zero attached hydrogens (tertiary/aromatic N) is 3. The van der Waals surface area contributed by atoms with Crippen LogP contribution in [0, 0.1) is 6.92 Å². The van der Waals surface area contributed by atoms with Crippen molar-refractivity contribution < 1.29 is 4.79 Å². The number of likely N-dealkylation sites (tertiary alicyclic amines) is 2. The molecule has 3 heterocycles. The molecule has 24 heavy (non-hydrogen) atoms. The van der Waals surface area contributed by atoms with Gasteiger partial charge in [-0.25, -0.2) is 0 Å². The van der Waals surface area contributed by atoms with Gasteiger partial charge < -0.3 is 14.4 Å². The number of carbonyl (C=O) groups is 1. The number of hydrogen-bond acceptors (Lipinski definition) is 3. The molecule has 0 saturated carbocycles. The first-order valence-electron chi connectivity index (χ1n) is 9.28. The van der Waals surface area contributed by atoms with E-state index in [4.69, 9.17) is 0 Å². The summed E-state index contributed by atoms with van der Waals surface area (Å²) in [4.78, 5) is 29.9. The fourth-order valence-corrected chi connectivity index (χ4v) is 3.95. The molecule has 0 radical (unpaired) electrons. The molecule has 3 rings (SSSR count). The summed E-state index contributed by atoms with van der Waals surface area (Å²) in [7, 11) is 1.73. The van der Waals surface area contributed by atoms with Crippen molar-refractivity contribution in [3.8, 4) is 0 Å². The van der Waals surface area contributed by atoms with E-state index in [2.05, 4.69) is 4.90 Å². The number of amides is 1. The molecule has 0 bridgehead atoms. The lowest BCUT2D eigenvalue weighted by Crippen LogP contribution is -2.47. The molecule has 1 aromatic rings. The lowest BCUT2D eigenvalue weighted by molar-refractivity contribution is 0.0585. The molecule has 2 aliphatic rings. The van der Waals surface area contributed by atoms with Crippen LogP contribution in [0.1, 0.15) is 54.6 Å². The summed E-state index contributed by atoms with van der Waals surface area (Å²) in [5.74, 6) is -0.0817. The second-order valence-corrected chi connectivity index (χ2v) is 7.24. The van der Waals surface area contributed by atoms with Crippen LogP contribution in [-0.4, -0.2) is 52.5 Å². The van der Waals surface area contributed by atoms with Crippen molar-refractivity contribution in [1.29, 1.82) is 0 Å². The Morgan fingerprint density at radius 1 is 1.12 bits per heavy atom. The summed E-state index contributed by atoms with van der Waals surface area (Å²) in [6.45, 7) is 6.12. The van der Waals surface area contributed by atoms with Gasteiger partial charge in [-0.15, -0.1) is 0 Å². The predicted octanol–water partition coefficient (Wildman–Crippen LogP) is 2.17. The minimum Gasteiger partial charge on any atom is -0.335 e. The number of pyridine rings is 1. The smallest absolute Gasteiger partial charge is 0.263 e. The van der Waals surface area contributed by atoms with E-state index in [1.165, 1.54) is 32.4 Å². The van der Waals surface area contributed by atoms with Gasteiger partial charge in [-0.05, 0) is 70.7 Å². The van der Waals surface area contributed by atoms with Crippen molar-refractivity contribution in [2.75, 3.05) is 26.2 Å². The van der Waals surface area contributed by atoms with Gasteiger partial charge >= 0.3 is 0 Å². The van der Waals surface area contributed by atoms with Gasteiger partial charge in [0.25, 0.3) is 11.5 Å². The van der Waals surface area contributed by atoms with Crippen LogP contribution in [0.4, 0.5) is 0 Å². The molecule has 0 N–H and O–H groups in total. The van der Waals surface area contributed by atoms with Gasteiger partial charge in [0, 0.05) is 31.9 Å². The van der Waals surface area contributed by atoms with Gasteiger partial charge in [-0.1, -0.05) is 0 Å². The summed E-state index contributed by atoms with van der Waals surface area (Å²) >= 11 is 0. The number of aromatic nitrogens is 1. The Labute approximate surface area is 144 Å². The molecule has 2 saturated heterocycles. The number of carbonyl (C=O) groups excluding carboxylic acids is 1. The molecule has 0 unspecified atom stereocenters. The summed E-state index contributed by atoms with van der Waals surface area (Å²) in [6, 6.07) is 3.84. The van der Waals surface area contributed by atoms with Crippen molar-refractivity contribution in [2.24, 2.45) is 7.05 Å². The number of rotatable bonds is 4.